The van der Waals surface area contributed by atoms with E-state index in [1.165, 1.54) is 30.0 Å². The maximum absolute atomic E-state index is 12.1. The van der Waals surface area contributed by atoms with E-state index in [9.17, 15) is 13.6 Å². The molecule has 1 aromatic carbocycles. The van der Waals surface area contributed by atoms with Crippen LogP contribution in [0, 0.1) is 18.3 Å². The van der Waals surface area contributed by atoms with Crippen molar-refractivity contribution in [1.29, 1.82) is 5.26 Å². The number of halogens is 2. The Bertz CT molecular complexity index is 1280. The van der Waals surface area contributed by atoms with Crippen LogP contribution in [-0.2, 0) is 11.9 Å². The SMILES string of the molecule is CN(c1nc(=O)n(C)c2ccc(C#N)nc12)C1CCCCC1.Cc1ccccc1/C=N/OC(F)F. The number of aromatic nitrogens is 3. The van der Waals surface area contributed by atoms with Gasteiger partial charge in [0.15, 0.2) is 5.82 Å². The number of rotatable bonds is 5. The minimum absolute atomic E-state index is 0.295. The largest absolute Gasteiger partial charge is 0.407 e. The number of alkyl halides is 2. The van der Waals surface area contributed by atoms with Crippen LogP contribution in [0.2, 0.25) is 0 Å². The number of nitriles is 1. The highest BCUT2D eigenvalue weighted by Gasteiger charge is 2.22. The van der Waals surface area contributed by atoms with Crippen molar-refractivity contribution in [3.63, 3.8) is 0 Å². The molecule has 1 aliphatic carbocycles. The fourth-order valence-electron chi connectivity index (χ4n) is 4.02. The van der Waals surface area contributed by atoms with Crippen LogP contribution in [0.3, 0.4) is 0 Å². The first-order valence-corrected chi connectivity index (χ1v) is 11.4. The molecule has 0 atom stereocenters. The van der Waals surface area contributed by atoms with Crippen molar-refractivity contribution in [2.45, 2.75) is 51.7 Å². The highest BCUT2D eigenvalue weighted by molar-refractivity contribution is 5.86. The van der Waals surface area contributed by atoms with Gasteiger partial charge < -0.3 is 9.74 Å². The summed E-state index contributed by atoms with van der Waals surface area (Å²) in [6, 6.07) is 13.1. The molecule has 0 bridgehead atoms. The van der Waals surface area contributed by atoms with Crippen LogP contribution >= 0.6 is 0 Å². The molecule has 35 heavy (non-hydrogen) atoms. The lowest BCUT2D eigenvalue weighted by Gasteiger charge is -2.32. The Hall–Kier alpha value is -3.87. The van der Waals surface area contributed by atoms with E-state index in [0.29, 0.717) is 28.6 Å². The van der Waals surface area contributed by atoms with E-state index in [1.54, 1.807) is 31.3 Å². The number of nitrogens with zero attached hydrogens (tertiary/aromatic N) is 6. The fraction of sp³-hybridized carbons (Fsp3) is 0.400. The van der Waals surface area contributed by atoms with Crippen molar-refractivity contribution in [2.24, 2.45) is 12.2 Å². The lowest BCUT2D eigenvalue weighted by Crippen LogP contribution is -2.36. The predicted molar refractivity (Wildman–Crippen MR) is 131 cm³/mol. The standard InChI is InChI=1S/C16H19N5O.C9H9F2NO/c1-20(12-6-4-3-5-7-12)15-14-13(21(2)16(22)19-15)9-8-11(10-17)18-14;1-7-4-2-3-5-8(7)6-12-13-9(10)11/h8-9,12H,3-7H2,1-2H3;2-6,9H,1H3/b;12-6+. The molecule has 0 radical (unpaired) electrons. The Kier molecular flexibility index (Phi) is 8.84. The van der Waals surface area contributed by atoms with Crippen LogP contribution in [0.4, 0.5) is 14.6 Å². The van der Waals surface area contributed by atoms with E-state index in [-0.39, 0.29) is 5.69 Å². The zero-order valence-corrected chi connectivity index (χ0v) is 20.0. The van der Waals surface area contributed by atoms with Crippen molar-refractivity contribution in [3.05, 3.63) is 63.7 Å². The predicted octanol–water partition coefficient (Wildman–Crippen LogP) is 4.54. The molecule has 4 rings (SSSR count). The maximum Gasteiger partial charge on any atom is 0.407 e. The zero-order valence-electron chi connectivity index (χ0n) is 20.0. The molecule has 0 spiro atoms. The lowest BCUT2D eigenvalue weighted by atomic mass is 9.94. The number of anilines is 1. The number of fused-ring (bicyclic) bond motifs is 1. The second kappa shape index (κ2) is 12.0. The summed E-state index contributed by atoms with van der Waals surface area (Å²) in [5.74, 6) is 0.585. The van der Waals surface area contributed by atoms with Gasteiger partial charge in [-0.25, -0.2) is 9.78 Å². The first-order chi connectivity index (χ1) is 16.8. The highest BCUT2D eigenvalue weighted by Crippen LogP contribution is 2.28. The number of hydrogen-bond acceptors (Lipinski definition) is 7. The van der Waals surface area contributed by atoms with E-state index in [4.69, 9.17) is 5.26 Å². The summed E-state index contributed by atoms with van der Waals surface area (Å²) in [7, 11) is 3.65. The molecule has 2 heterocycles. The molecule has 0 saturated heterocycles. The lowest BCUT2D eigenvalue weighted by molar-refractivity contribution is -0.127. The van der Waals surface area contributed by atoms with E-state index < -0.39 is 6.61 Å². The molecule has 2 aromatic heterocycles. The van der Waals surface area contributed by atoms with Gasteiger partial charge >= 0.3 is 12.3 Å². The third-order valence-corrected chi connectivity index (χ3v) is 6.03. The summed E-state index contributed by atoms with van der Waals surface area (Å²) < 4.78 is 24.5. The summed E-state index contributed by atoms with van der Waals surface area (Å²) in [6.07, 6.45) is 7.15. The summed E-state index contributed by atoms with van der Waals surface area (Å²) >= 11 is 0. The summed E-state index contributed by atoms with van der Waals surface area (Å²) in [5, 5.41) is 12.2. The van der Waals surface area contributed by atoms with Crippen molar-refractivity contribution >= 4 is 23.1 Å². The van der Waals surface area contributed by atoms with Gasteiger partial charge in [-0.2, -0.15) is 19.0 Å². The number of oxime groups is 1. The Morgan fingerprint density at radius 1 is 1.20 bits per heavy atom. The van der Waals surface area contributed by atoms with Crippen LogP contribution in [0.15, 0.2) is 46.3 Å². The van der Waals surface area contributed by atoms with Crippen molar-refractivity contribution in [3.8, 4) is 6.07 Å². The smallest absolute Gasteiger partial charge is 0.355 e. The van der Waals surface area contributed by atoms with Gasteiger partial charge in [0.2, 0.25) is 0 Å². The van der Waals surface area contributed by atoms with Gasteiger partial charge in [-0.15, -0.1) is 0 Å². The number of hydrogen-bond donors (Lipinski definition) is 0. The molecule has 3 aromatic rings. The molecule has 184 valence electrons. The van der Waals surface area contributed by atoms with Crippen molar-refractivity contribution in [1.82, 2.24) is 14.5 Å². The third-order valence-electron chi connectivity index (χ3n) is 6.03. The molecule has 0 aliphatic heterocycles. The van der Waals surface area contributed by atoms with E-state index >= 15 is 0 Å². The van der Waals surface area contributed by atoms with Gasteiger partial charge in [-0.3, -0.25) is 4.57 Å². The van der Waals surface area contributed by atoms with Gasteiger partial charge in [0.25, 0.3) is 0 Å². The Morgan fingerprint density at radius 3 is 2.57 bits per heavy atom. The van der Waals surface area contributed by atoms with Gasteiger partial charge in [-0.1, -0.05) is 48.7 Å². The molecule has 1 aliphatic rings. The molecule has 0 N–H and O–H groups in total. The molecular weight excluding hydrogens is 454 g/mol. The second-order valence-electron chi connectivity index (χ2n) is 8.31. The fourth-order valence-corrected chi connectivity index (χ4v) is 4.02. The molecule has 1 fully saturated rings. The second-order valence-corrected chi connectivity index (χ2v) is 8.31. The van der Waals surface area contributed by atoms with Crippen LogP contribution < -0.4 is 10.6 Å². The Morgan fingerprint density at radius 2 is 1.91 bits per heavy atom. The topological polar surface area (TPSA) is 96.4 Å². The highest BCUT2D eigenvalue weighted by atomic mass is 19.3. The van der Waals surface area contributed by atoms with E-state index in [1.807, 2.05) is 26.1 Å². The average Bonchev–Trinajstić information content (AvgIpc) is 2.87. The van der Waals surface area contributed by atoms with Crippen LogP contribution in [0.5, 0.6) is 0 Å². The van der Waals surface area contributed by atoms with Gasteiger partial charge in [0.1, 0.15) is 17.3 Å². The van der Waals surface area contributed by atoms with Gasteiger partial charge in [0.05, 0.1) is 11.7 Å². The van der Waals surface area contributed by atoms with Crippen LogP contribution in [-0.4, -0.2) is 40.5 Å². The zero-order chi connectivity index (χ0) is 25.4. The minimum atomic E-state index is -2.86. The first-order valence-electron chi connectivity index (χ1n) is 11.4. The van der Waals surface area contributed by atoms with Crippen molar-refractivity contribution in [2.75, 3.05) is 11.9 Å². The molecule has 0 unspecified atom stereocenters. The summed E-state index contributed by atoms with van der Waals surface area (Å²) in [5.41, 5.74) is 3.10. The molecule has 0 amide bonds. The number of benzene rings is 1. The first kappa shape index (κ1) is 25.7. The van der Waals surface area contributed by atoms with Crippen molar-refractivity contribution < 1.29 is 13.6 Å². The quantitative estimate of drug-likeness (QED) is 0.391. The molecular formula is C25H28F2N6O2. The number of pyridine rings is 1. The van der Waals surface area contributed by atoms with Crippen LogP contribution in [0.25, 0.3) is 11.0 Å². The van der Waals surface area contributed by atoms with Crippen LogP contribution in [0.1, 0.15) is 48.9 Å². The van der Waals surface area contributed by atoms with Gasteiger partial charge in [0, 0.05) is 20.1 Å². The average molecular weight is 483 g/mol. The number of aryl methyl sites for hydroxylation is 2. The Balaban J connectivity index is 0.000000225. The third kappa shape index (κ3) is 6.59. The van der Waals surface area contributed by atoms with E-state index in [0.717, 1.165) is 24.0 Å². The molecule has 10 heteroatoms. The minimum Gasteiger partial charge on any atom is -0.355 e. The maximum atomic E-state index is 12.1. The summed E-state index contributed by atoms with van der Waals surface area (Å²) in [6.45, 7) is -0.996. The monoisotopic (exact) mass is 482 g/mol. The van der Waals surface area contributed by atoms with E-state index in [2.05, 4.69) is 30.9 Å². The summed E-state index contributed by atoms with van der Waals surface area (Å²) in [4.78, 5) is 26.5. The normalized spacial score (nSPS) is 14.0. The van der Waals surface area contributed by atoms with Gasteiger partial charge in [-0.05, 0) is 43.0 Å². The molecule has 8 nitrogen and oxygen atoms in total. The Labute approximate surface area is 202 Å². The molecule has 1 saturated carbocycles.